The minimum atomic E-state index is -0.398. The lowest BCUT2D eigenvalue weighted by Gasteiger charge is -2.36. The second-order valence-corrected chi connectivity index (χ2v) is 6.62. The Morgan fingerprint density at radius 2 is 1.60 bits per heavy atom. The highest BCUT2D eigenvalue weighted by atomic mass is 16.2. The Balaban J connectivity index is 1.42. The Labute approximate surface area is 148 Å². The second kappa shape index (κ2) is 8.31. The molecule has 2 aliphatic heterocycles. The fourth-order valence-electron chi connectivity index (χ4n) is 3.39. The van der Waals surface area contributed by atoms with Gasteiger partial charge in [0.05, 0.1) is 0 Å². The van der Waals surface area contributed by atoms with E-state index in [2.05, 4.69) is 15.1 Å². The first-order valence-corrected chi connectivity index (χ1v) is 8.99. The molecule has 0 aromatic heterocycles. The van der Waals surface area contributed by atoms with Gasteiger partial charge in [-0.1, -0.05) is 0 Å². The molecule has 3 rings (SSSR count). The van der Waals surface area contributed by atoms with Crippen LogP contribution in [0.5, 0.6) is 0 Å². The Morgan fingerprint density at radius 1 is 0.960 bits per heavy atom. The molecule has 2 saturated heterocycles. The summed E-state index contributed by atoms with van der Waals surface area (Å²) >= 11 is 0. The van der Waals surface area contributed by atoms with Crippen LogP contribution in [-0.2, 0) is 4.79 Å². The van der Waals surface area contributed by atoms with Crippen LogP contribution in [0.1, 0.15) is 16.8 Å². The van der Waals surface area contributed by atoms with Gasteiger partial charge in [0.2, 0.25) is 11.8 Å². The Morgan fingerprint density at radius 3 is 2.20 bits per heavy atom. The summed E-state index contributed by atoms with van der Waals surface area (Å²) in [5, 5.41) is 3.27. The van der Waals surface area contributed by atoms with Gasteiger partial charge < -0.3 is 20.9 Å². The Kier molecular flexibility index (Phi) is 5.88. The summed E-state index contributed by atoms with van der Waals surface area (Å²) in [4.78, 5) is 30.0. The third-order valence-corrected chi connectivity index (χ3v) is 5.00. The van der Waals surface area contributed by atoms with Crippen LogP contribution in [0, 0.1) is 0 Å². The van der Waals surface area contributed by atoms with Crippen LogP contribution in [0.15, 0.2) is 24.3 Å². The highest BCUT2D eigenvalue weighted by Crippen LogP contribution is 2.17. The molecule has 136 valence electrons. The van der Waals surface area contributed by atoms with Crippen molar-refractivity contribution in [2.45, 2.75) is 6.42 Å². The fraction of sp³-hybridized carbons (Fsp3) is 0.556. The van der Waals surface area contributed by atoms with Crippen LogP contribution in [0.4, 0.5) is 5.69 Å². The van der Waals surface area contributed by atoms with E-state index >= 15 is 0 Å². The summed E-state index contributed by atoms with van der Waals surface area (Å²) in [5.74, 6) is -0.128. The number of carbonyl (C=O) groups is 2. The van der Waals surface area contributed by atoms with Crippen LogP contribution < -0.4 is 16.0 Å². The molecule has 2 heterocycles. The minimum absolute atomic E-state index is 0.269. The van der Waals surface area contributed by atoms with Crippen LogP contribution in [0.2, 0.25) is 0 Å². The molecule has 1 aromatic carbocycles. The minimum Gasteiger partial charge on any atom is -0.369 e. The number of piperazine rings is 2. The predicted molar refractivity (Wildman–Crippen MR) is 97.7 cm³/mol. The van der Waals surface area contributed by atoms with Crippen molar-refractivity contribution in [1.82, 2.24) is 15.1 Å². The van der Waals surface area contributed by atoms with Gasteiger partial charge in [-0.25, -0.2) is 0 Å². The van der Waals surface area contributed by atoms with Crippen molar-refractivity contribution in [3.8, 4) is 0 Å². The lowest BCUT2D eigenvalue weighted by atomic mass is 10.1. The summed E-state index contributed by atoms with van der Waals surface area (Å²) < 4.78 is 0. The lowest BCUT2D eigenvalue weighted by Crippen LogP contribution is -2.49. The number of hydrogen-bond donors (Lipinski definition) is 2. The van der Waals surface area contributed by atoms with Gasteiger partial charge in [0, 0.05) is 76.6 Å². The molecule has 25 heavy (non-hydrogen) atoms. The molecule has 0 unspecified atom stereocenters. The van der Waals surface area contributed by atoms with Gasteiger partial charge in [-0.3, -0.25) is 14.5 Å². The number of hydrogen-bond acceptors (Lipinski definition) is 5. The quantitative estimate of drug-likeness (QED) is 0.768. The smallest absolute Gasteiger partial charge is 0.248 e. The molecule has 0 bridgehead atoms. The van der Waals surface area contributed by atoms with Crippen molar-refractivity contribution < 1.29 is 9.59 Å². The maximum Gasteiger partial charge on any atom is 0.248 e. The highest BCUT2D eigenvalue weighted by molar-refractivity contribution is 5.93. The van der Waals surface area contributed by atoms with Gasteiger partial charge in [-0.2, -0.15) is 0 Å². The van der Waals surface area contributed by atoms with E-state index in [-0.39, 0.29) is 5.91 Å². The zero-order chi connectivity index (χ0) is 17.6. The van der Waals surface area contributed by atoms with Crippen LogP contribution in [-0.4, -0.2) is 80.5 Å². The van der Waals surface area contributed by atoms with Gasteiger partial charge in [0.25, 0.3) is 0 Å². The molecular weight excluding hydrogens is 318 g/mol. The molecular formula is C18H27N5O2. The Bertz CT molecular complexity index is 590. The first kappa shape index (κ1) is 17.7. The van der Waals surface area contributed by atoms with E-state index in [1.807, 2.05) is 17.0 Å². The monoisotopic (exact) mass is 345 g/mol. The summed E-state index contributed by atoms with van der Waals surface area (Å²) in [5.41, 5.74) is 6.93. The van der Waals surface area contributed by atoms with Crippen molar-refractivity contribution in [2.24, 2.45) is 5.73 Å². The van der Waals surface area contributed by atoms with E-state index in [9.17, 15) is 9.59 Å². The molecule has 3 N–H and O–H groups in total. The second-order valence-electron chi connectivity index (χ2n) is 6.62. The van der Waals surface area contributed by atoms with Crippen LogP contribution >= 0.6 is 0 Å². The Hall–Kier alpha value is -2.12. The number of nitrogens with two attached hydrogens (primary N) is 1. The van der Waals surface area contributed by atoms with Gasteiger partial charge in [0.1, 0.15) is 0 Å². The summed E-state index contributed by atoms with van der Waals surface area (Å²) in [6.07, 6.45) is 0.604. The number of anilines is 1. The molecule has 7 heteroatoms. The number of rotatable bonds is 5. The SMILES string of the molecule is NC(=O)c1ccc(N2CCN(CCC(=O)N3CCNCC3)CC2)cc1. The summed E-state index contributed by atoms with van der Waals surface area (Å²) in [6.45, 7) is 8.05. The van der Waals surface area contributed by atoms with Gasteiger partial charge >= 0.3 is 0 Å². The number of nitrogens with zero attached hydrogens (tertiary/aromatic N) is 3. The molecule has 0 saturated carbocycles. The molecule has 0 spiro atoms. The van der Waals surface area contributed by atoms with E-state index in [0.29, 0.717) is 12.0 Å². The van der Waals surface area contributed by atoms with Crippen molar-refractivity contribution >= 4 is 17.5 Å². The number of primary amides is 1. The number of benzene rings is 1. The molecule has 2 aliphatic rings. The summed E-state index contributed by atoms with van der Waals surface area (Å²) in [6, 6.07) is 7.44. The van der Waals surface area contributed by atoms with Crippen molar-refractivity contribution in [3.63, 3.8) is 0 Å². The molecule has 2 fully saturated rings. The maximum atomic E-state index is 12.2. The van der Waals surface area contributed by atoms with Crippen molar-refractivity contribution in [2.75, 3.05) is 63.8 Å². The van der Waals surface area contributed by atoms with E-state index in [1.165, 1.54) is 0 Å². The van der Waals surface area contributed by atoms with E-state index in [1.54, 1.807) is 12.1 Å². The highest BCUT2D eigenvalue weighted by Gasteiger charge is 2.20. The largest absolute Gasteiger partial charge is 0.369 e. The first-order chi connectivity index (χ1) is 12.1. The molecule has 0 radical (unpaired) electrons. The van der Waals surface area contributed by atoms with E-state index in [4.69, 9.17) is 5.73 Å². The lowest BCUT2D eigenvalue weighted by molar-refractivity contribution is -0.132. The van der Waals surface area contributed by atoms with E-state index in [0.717, 1.165) is 64.6 Å². The average molecular weight is 345 g/mol. The number of amides is 2. The number of nitrogens with one attached hydrogen (secondary N) is 1. The van der Waals surface area contributed by atoms with E-state index < -0.39 is 5.91 Å². The molecule has 0 aliphatic carbocycles. The number of carbonyl (C=O) groups excluding carboxylic acids is 2. The average Bonchev–Trinajstić information content (AvgIpc) is 2.67. The molecule has 1 aromatic rings. The molecule has 2 amide bonds. The third-order valence-electron chi connectivity index (χ3n) is 5.00. The van der Waals surface area contributed by atoms with Crippen molar-refractivity contribution in [1.29, 1.82) is 0 Å². The van der Waals surface area contributed by atoms with Crippen LogP contribution in [0.25, 0.3) is 0 Å². The fourth-order valence-corrected chi connectivity index (χ4v) is 3.39. The third kappa shape index (κ3) is 4.70. The normalized spacial score (nSPS) is 19.0. The maximum absolute atomic E-state index is 12.2. The van der Waals surface area contributed by atoms with Gasteiger partial charge in [-0.05, 0) is 24.3 Å². The topological polar surface area (TPSA) is 81.9 Å². The standard InChI is InChI=1S/C18H27N5O2/c19-18(25)15-1-3-16(4-2-15)22-13-11-21(12-14-22)8-5-17(24)23-9-6-20-7-10-23/h1-4,20H,5-14H2,(H2,19,25). The van der Waals surface area contributed by atoms with Gasteiger partial charge in [0.15, 0.2) is 0 Å². The van der Waals surface area contributed by atoms with Crippen LogP contribution in [0.3, 0.4) is 0 Å². The first-order valence-electron chi connectivity index (χ1n) is 8.99. The van der Waals surface area contributed by atoms with Gasteiger partial charge in [-0.15, -0.1) is 0 Å². The summed E-state index contributed by atoms with van der Waals surface area (Å²) in [7, 11) is 0. The van der Waals surface area contributed by atoms with Crippen molar-refractivity contribution in [3.05, 3.63) is 29.8 Å². The molecule has 7 nitrogen and oxygen atoms in total. The zero-order valence-corrected chi connectivity index (χ0v) is 14.6. The molecule has 0 atom stereocenters. The zero-order valence-electron chi connectivity index (χ0n) is 14.6. The predicted octanol–water partition coefficient (Wildman–Crippen LogP) is -0.271.